The fourth-order valence-corrected chi connectivity index (χ4v) is 2.76. The van der Waals surface area contributed by atoms with Gasteiger partial charge in [0, 0.05) is 23.4 Å². The van der Waals surface area contributed by atoms with Crippen molar-refractivity contribution >= 4 is 17.4 Å². The highest BCUT2D eigenvalue weighted by Crippen LogP contribution is 2.25. The molecule has 0 saturated heterocycles. The van der Waals surface area contributed by atoms with Crippen molar-refractivity contribution in [2.75, 3.05) is 5.32 Å². The van der Waals surface area contributed by atoms with Gasteiger partial charge in [-0.15, -0.1) is 0 Å². The predicted octanol–water partition coefficient (Wildman–Crippen LogP) is 6.48. The molecule has 1 unspecified atom stereocenters. The Kier molecular flexibility index (Phi) is 8.90. The van der Waals surface area contributed by atoms with Gasteiger partial charge in [-0.25, -0.2) is 4.79 Å². The molecule has 4 nitrogen and oxygen atoms in total. The van der Waals surface area contributed by atoms with Crippen LogP contribution >= 0.6 is 0 Å². The van der Waals surface area contributed by atoms with Crippen LogP contribution in [0, 0.1) is 5.41 Å². The van der Waals surface area contributed by atoms with Crippen LogP contribution in [0.1, 0.15) is 51.1 Å². The summed E-state index contributed by atoms with van der Waals surface area (Å²) in [6.07, 6.45) is 7.09. The molecule has 0 aromatic heterocycles. The van der Waals surface area contributed by atoms with Crippen molar-refractivity contribution < 1.29 is 9.53 Å². The van der Waals surface area contributed by atoms with Gasteiger partial charge in [0.25, 0.3) is 0 Å². The lowest BCUT2D eigenvalue weighted by molar-refractivity contribution is -0.130. The average Bonchev–Trinajstić information content (AvgIpc) is 2.74. The summed E-state index contributed by atoms with van der Waals surface area (Å²) in [5, 5.41) is 11.8. The highest BCUT2D eigenvalue weighted by molar-refractivity contribution is 5.93. The molecule has 0 aliphatic rings. The number of para-hydroxylation sites is 1. The van der Waals surface area contributed by atoms with Crippen LogP contribution in [0.15, 0.2) is 78.9 Å². The number of carbonyl (C=O) groups is 1. The third-order valence-electron chi connectivity index (χ3n) is 4.52. The lowest BCUT2D eigenvalue weighted by Crippen LogP contribution is -2.14. The SMILES string of the molecule is C=C(CC)C(=O)Oc1ccc(C(CC(=N)/C=C/CCC)Nc2ccccc2)cc1. The summed E-state index contributed by atoms with van der Waals surface area (Å²) in [6, 6.07) is 17.3. The fourth-order valence-electron chi connectivity index (χ4n) is 2.76. The molecule has 0 fully saturated rings. The zero-order valence-electron chi connectivity index (χ0n) is 17.3. The van der Waals surface area contributed by atoms with Gasteiger partial charge in [0.2, 0.25) is 0 Å². The van der Waals surface area contributed by atoms with Gasteiger partial charge in [-0.1, -0.05) is 63.3 Å². The van der Waals surface area contributed by atoms with Gasteiger partial charge >= 0.3 is 5.97 Å². The highest BCUT2D eigenvalue weighted by Gasteiger charge is 2.14. The van der Waals surface area contributed by atoms with E-state index >= 15 is 0 Å². The van der Waals surface area contributed by atoms with Gasteiger partial charge < -0.3 is 15.5 Å². The smallest absolute Gasteiger partial charge is 0.338 e. The van der Waals surface area contributed by atoms with Gasteiger partial charge in [0.15, 0.2) is 0 Å². The lowest BCUT2D eigenvalue weighted by Gasteiger charge is -2.20. The second-order valence-corrected chi connectivity index (χ2v) is 6.90. The zero-order chi connectivity index (χ0) is 21.1. The summed E-state index contributed by atoms with van der Waals surface area (Å²) >= 11 is 0. The van der Waals surface area contributed by atoms with Crippen LogP contribution in [-0.2, 0) is 4.79 Å². The average molecular weight is 391 g/mol. The first kappa shape index (κ1) is 22.2. The number of hydrogen-bond donors (Lipinski definition) is 2. The molecule has 0 amide bonds. The molecule has 2 N–H and O–H groups in total. The van der Waals surface area contributed by atoms with E-state index in [9.17, 15) is 4.79 Å². The van der Waals surface area contributed by atoms with E-state index in [1.807, 2.05) is 61.5 Å². The second-order valence-electron chi connectivity index (χ2n) is 6.90. The third-order valence-corrected chi connectivity index (χ3v) is 4.52. The van der Waals surface area contributed by atoms with E-state index in [1.54, 1.807) is 12.1 Å². The number of esters is 1. The van der Waals surface area contributed by atoms with E-state index in [0.717, 1.165) is 24.1 Å². The fraction of sp³-hybridized carbons (Fsp3) is 0.280. The largest absolute Gasteiger partial charge is 0.423 e. The molecule has 0 spiro atoms. The molecule has 2 aromatic rings. The van der Waals surface area contributed by atoms with Crippen molar-refractivity contribution in [2.24, 2.45) is 0 Å². The minimum Gasteiger partial charge on any atom is -0.423 e. The normalized spacial score (nSPS) is 11.8. The van der Waals surface area contributed by atoms with Crippen LogP contribution < -0.4 is 10.1 Å². The maximum Gasteiger partial charge on any atom is 0.338 e. The molecular formula is C25H30N2O2. The summed E-state index contributed by atoms with van der Waals surface area (Å²) in [7, 11) is 0. The van der Waals surface area contributed by atoms with Crippen LogP contribution in [0.5, 0.6) is 5.75 Å². The molecule has 0 saturated carbocycles. The number of anilines is 1. The predicted molar refractivity (Wildman–Crippen MR) is 121 cm³/mol. The van der Waals surface area contributed by atoms with Crippen LogP contribution in [-0.4, -0.2) is 11.7 Å². The van der Waals surface area contributed by atoms with E-state index in [-0.39, 0.29) is 6.04 Å². The molecule has 0 heterocycles. The number of nitrogens with one attached hydrogen (secondary N) is 2. The summed E-state index contributed by atoms with van der Waals surface area (Å²) in [4.78, 5) is 11.9. The van der Waals surface area contributed by atoms with E-state index in [4.69, 9.17) is 10.1 Å². The van der Waals surface area contributed by atoms with Crippen LogP contribution in [0.3, 0.4) is 0 Å². The van der Waals surface area contributed by atoms with Gasteiger partial charge in [0.05, 0.1) is 6.04 Å². The van der Waals surface area contributed by atoms with E-state index in [1.165, 1.54) is 0 Å². The first-order valence-electron chi connectivity index (χ1n) is 10.1. The Morgan fingerprint density at radius 3 is 2.45 bits per heavy atom. The Morgan fingerprint density at radius 1 is 1.14 bits per heavy atom. The van der Waals surface area contributed by atoms with Crippen LogP contribution in [0.4, 0.5) is 5.69 Å². The molecule has 0 aliphatic heterocycles. The zero-order valence-corrected chi connectivity index (χ0v) is 17.3. The molecule has 1 atom stereocenters. The van der Waals surface area contributed by atoms with Gasteiger partial charge in [-0.2, -0.15) is 0 Å². The topological polar surface area (TPSA) is 62.2 Å². The summed E-state index contributed by atoms with van der Waals surface area (Å²) in [5.74, 6) is 0.0896. The van der Waals surface area contributed by atoms with E-state index < -0.39 is 5.97 Å². The van der Waals surface area contributed by atoms with Crippen molar-refractivity contribution in [3.8, 4) is 5.75 Å². The number of benzene rings is 2. The number of allylic oxidation sites excluding steroid dienone is 2. The maximum absolute atomic E-state index is 11.9. The summed E-state index contributed by atoms with van der Waals surface area (Å²) in [5.41, 5.74) is 3.04. The minimum atomic E-state index is -0.401. The Bertz CT molecular complexity index is 839. The molecule has 2 rings (SSSR count). The van der Waals surface area contributed by atoms with Crippen molar-refractivity contribution in [3.05, 3.63) is 84.5 Å². The third kappa shape index (κ3) is 7.41. The Labute approximate surface area is 173 Å². The Hall–Kier alpha value is -3.14. The molecule has 4 heteroatoms. The quantitative estimate of drug-likeness (QED) is 0.200. The monoisotopic (exact) mass is 390 g/mol. The summed E-state index contributed by atoms with van der Waals surface area (Å²) in [6.45, 7) is 7.70. The minimum absolute atomic E-state index is 0.0634. The first-order valence-corrected chi connectivity index (χ1v) is 10.1. The van der Waals surface area contributed by atoms with Gasteiger partial charge in [-0.3, -0.25) is 0 Å². The summed E-state index contributed by atoms with van der Waals surface area (Å²) < 4.78 is 5.35. The molecule has 2 aromatic carbocycles. The number of hydrogen-bond acceptors (Lipinski definition) is 4. The van der Waals surface area contributed by atoms with Crippen molar-refractivity contribution in [3.63, 3.8) is 0 Å². The van der Waals surface area contributed by atoms with Crippen molar-refractivity contribution in [1.82, 2.24) is 0 Å². The standard InChI is InChI=1S/C25H30N2O2/c1-4-6-8-11-21(26)18-24(27-22-12-9-7-10-13-22)20-14-16-23(17-15-20)29-25(28)19(3)5-2/h7-17,24,26-27H,3-6,18H2,1-2H3/b11-8+,26-21?. The number of unbranched alkanes of at least 4 members (excludes halogenated alkanes) is 1. The second kappa shape index (κ2) is 11.6. The van der Waals surface area contributed by atoms with Crippen LogP contribution in [0.25, 0.3) is 0 Å². The number of carbonyl (C=O) groups excluding carboxylic acids is 1. The van der Waals surface area contributed by atoms with Gasteiger partial charge in [-0.05, 0) is 48.7 Å². The molecule has 0 aliphatic carbocycles. The van der Waals surface area contributed by atoms with Gasteiger partial charge in [0.1, 0.15) is 5.75 Å². The van der Waals surface area contributed by atoms with Crippen molar-refractivity contribution in [1.29, 1.82) is 5.41 Å². The van der Waals surface area contributed by atoms with E-state index in [2.05, 4.69) is 18.8 Å². The van der Waals surface area contributed by atoms with Crippen molar-refractivity contribution in [2.45, 2.75) is 45.6 Å². The molecule has 152 valence electrons. The molecular weight excluding hydrogens is 360 g/mol. The Morgan fingerprint density at radius 2 is 1.83 bits per heavy atom. The number of rotatable bonds is 11. The Balaban J connectivity index is 2.15. The van der Waals surface area contributed by atoms with Crippen LogP contribution in [0.2, 0.25) is 0 Å². The molecule has 0 bridgehead atoms. The molecule has 0 radical (unpaired) electrons. The highest BCUT2D eigenvalue weighted by atomic mass is 16.5. The number of ether oxygens (including phenoxy) is 1. The first-order chi connectivity index (χ1) is 14.0. The van der Waals surface area contributed by atoms with E-state index in [0.29, 0.717) is 29.9 Å². The lowest BCUT2D eigenvalue weighted by atomic mass is 10.00. The molecule has 29 heavy (non-hydrogen) atoms. The maximum atomic E-state index is 11.9.